The average Bonchev–Trinajstić information content (AvgIpc) is 2.40. The molecule has 0 radical (unpaired) electrons. The summed E-state index contributed by atoms with van der Waals surface area (Å²) in [7, 11) is 0. The minimum absolute atomic E-state index is 0.0740. The smallest absolute Gasteiger partial charge is 0.207 e. The Morgan fingerprint density at radius 2 is 2.06 bits per heavy atom. The lowest BCUT2D eigenvalue weighted by Crippen LogP contribution is -2.04. The number of aromatic nitrogens is 2. The summed E-state index contributed by atoms with van der Waals surface area (Å²) in [6.45, 7) is 0. The highest BCUT2D eigenvalue weighted by atomic mass is 35.5. The number of fused-ring (bicyclic) bond motifs is 1. The van der Waals surface area contributed by atoms with Crippen molar-refractivity contribution in [1.82, 2.24) is 9.97 Å². The Morgan fingerprint density at radius 1 is 1.28 bits per heavy atom. The highest BCUT2D eigenvalue weighted by molar-refractivity contribution is 6.45. The van der Waals surface area contributed by atoms with Crippen molar-refractivity contribution >= 4 is 39.8 Å². The lowest BCUT2D eigenvalue weighted by molar-refractivity contribution is 1.18. The molecule has 0 bridgehead atoms. The molecule has 0 fully saturated rings. The monoisotopic (exact) mass is 275 g/mol. The van der Waals surface area contributed by atoms with E-state index in [9.17, 15) is 0 Å². The lowest BCUT2D eigenvalue weighted by Gasteiger charge is -2.02. The van der Waals surface area contributed by atoms with Gasteiger partial charge in [-0.3, -0.25) is 0 Å². The molecule has 2 aromatic rings. The predicted octanol–water partition coefficient (Wildman–Crippen LogP) is 2.73. The fourth-order valence-electron chi connectivity index (χ4n) is 1.33. The molecule has 0 saturated carbocycles. The van der Waals surface area contributed by atoms with Crippen LogP contribution >= 0.6 is 23.2 Å². The maximum atomic E-state index is 8.82. The molecule has 18 heavy (non-hydrogen) atoms. The van der Waals surface area contributed by atoms with Crippen LogP contribution in [0, 0.1) is 22.8 Å². The summed E-state index contributed by atoms with van der Waals surface area (Å²) < 4.78 is 0. The molecule has 0 aliphatic carbocycles. The van der Waals surface area contributed by atoms with Crippen LogP contribution in [0.3, 0.4) is 0 Å². The molecule has 86 valence electrons. The van der Waals surface area contributed by atoms with Crippen LogP contribution in [0.5, 0.6) is 0 Å². The average molecular weight is 276 g/mol. The first-order valence-corrected chi connectivity index (χ1v) is 5.41. The van der Waals surface area contributed by atoms with Gasteiger partial charge in [-0.1, -0.05) is 23.2 Å². The molecular weight excluding hydrogens is 273 g/mol. The molecule has 0 saturated heterocycles. The fourth-order valence-corrected chi connectivity index (χ4v) is 1.71. The first-order chi connectivity index (χ1) is 8.67. The van der Waals surface area contributed by atoms with Gasteiger partial charge < -0.3 is 0 Å². The van der Waals surface area contributed by atoms with Gasteiger partial charge in [-0.15, -0.1) is 0 Å². The zero-order chi connectivity index (χ0) is 13.1. The van der Waals surface area contributed by atoms with E-state index in [-0.39, 0.29) is 11.5 Å². The topological polar surface area (TPSA) is 85.7 Å². The number of hydrogen-bond acceptors (Lipinski definition) is 5. The minimum atomic E-state index is -0.148. The first kappa shape index (κ1) is 12.3. The summed E-state index contributed by atoms with van der Waals surface area (Å²) >= 11 is 11.9. The van der Waals surface area contributed by atoms with Crippen LogP contribution in [0.1, 0.15) is 5.82 Å². The summed E-state index contributed by atoms with van der Waals surface area (Å²) in [5.41, 5.74) is 0.376. The first-order valence-electron chi connectivity index (χ1n) is 4.65. The summed E-state index contributed by atoms with van der Waals surface area (Å²) in [6, 6.07) is 5.00. The van der Waals surface area contributed by atoms with Crippen LogP contribution in [0.4, 0.5) is 0 Å². The van der Waals surface area contributed by atoms with Crippen molar-refractivity contribution < 1.29 is 0 Å². The van der Waals surface area contributed by atoms with Gasteiger partial charge in [0.15, 0.2) is 11.5 Å². The molecule has 1 aromatic heterocycles. The maximum Gasteiger partial charge on any atom is 0.207 e. The summed E-state index contributed by atoms with van der Waals surface area (Å²) in [4.78, 5) is 11.4. The quantitative estimate of drug-likeness (QED) is 0.592. The molecule has 0 aliphatic heterocycles. The van der Waals surface area contributed by atoms with Crippen LogP contribution in [-0.2, 0) is 0 Å². The number of hydrogen-bond donors (Lipinski definition) is 0. The van der Waals surface area contributed by atoms with Gasteiger partial charge in [-0.2, -0.15) is 15.5 Å². The van der Waals surface area contributed by atoms with Gasteiger partial charge in [0.05, 0.1) is 15.6 Å². The van der Waals surface area contributed by atoms with Crippen molar-refractivity contribution in [3.63, 3.8) is 0 Å². The molecule has 0 amide bonds. The van der Waals surface area contributed by atoms with Crippen LogP contribution in [0.2, 0.25) is 10.0 Å². The minimum Gasteiger partial charge on any atom is -0.234 e. The number of halogens is 2. The van der Waals surface area contributed by atoms with Crippen LogP contribution < -0.4 is 0 Å². The van der Waals surface area contributed by atoms with Crippen molar-refractivity contribution in [1.29, 1.82) is 10.5 Å². The van der Waals surface area contributed by atoms with Gasteiger partial charge in [-0.05, 0) is 12.1 Å². The summed E-state index contributed by atoms with van der Waals surface area (Å²) in [5, 5.41) is 18.6. The van der Waals surface area contributed by atoms with Gasteiger partial charge in [-0.25, -0.2) is 9.97 Å². The lowest BCUT2D eigenvalue weighted by atomic mass is 10.2. The van der Waals surface area contributed by atoms with Crippen molar-refractivity contribution in [3.05, 3.63) is 34.2 Å². The molecule has 1 heterocycles. The number of rotatable bonds is 1. The van der Waals surface area contributed by atoms with Crippen molar-refractivity contribution in [2.75, 3.05) is 0 Å². The maximum absolute atomic E-state index is 8.82. The highest BCUT2D eigenvalue weighted by Crippen LogP contribution is 2.29. The normalized spacial score (nSPS) is 11.0. The van der Waals surface area contributed by atoms with E-state index in [1.165, 1.54) is 12.4 Å². The molecule has 0 unspecified atom stereocenters. The van der Waals surface area contributed by atoms with Crippen molar-refractivity contribution in [2.24, 2.45) is 4.99 Å². The molecular formula is C11H3Cl2N5. The van der Waals surface area contributed by atoms with Crippen LogP contribution in [-0.4, -0.2) is 15.7 Å². The van der Waals surface area contributed by atoms with Gasteiger partial charge in [0.2, 0.25) is 6.19 Å². The number of aliphatic imine (C=N–C) groups is 1. The Hall–Kier alpha value is -2.21. The molecule has 0 aliphatic rings. The Labute approximate surface area is 112 Å². The third-order valence-corrected chi connectivity index (χ3v) is 2.95. The van der Waals surface area contributed by atoms with E-state index >= 15 is 0 Å². The van der Waals surface area contributed by atoms with E-state index in [0.29, 0.717) is 20.9 Å². The Bertz CT molecular complexity index is 739. The number of nitriles is 2. The summed E-state index contributed by atoms with van der Waals surface area (Å²) in [5.74, 6) is 0.0740. The zero-order valence-corrected chi connectivity index (χ0v) is 10.2. The second-order valence-corrected chi connectivity index (χ2v) is 3.95. The van der Waals surface area contributed by atoms with Crippen molar-refractivity contribution in [2.45, 2.75) is 0 Å². The van der Waals surface area contributed by atoms with Crippen LogP contribution in [0.25, 0.3) is 10.9 Å². The largest absolute Gasteiger partial charge is 0.234 e. The van der Waals surface area contributed by atoms with Gasteiger partial charge in [0.1, 0.15) is 6.07 Å². The molecule has 0 N–H and O–H groups in total. The number of nitrogens with zero attached hydrogens (tertiary/aromatic N) is 5. The van der Waals surface area contributed by atoms with Gasteiger partial charge in [0, 0.05) is 11.6 Å². The molecule has 5 nitrogen and oxygen atoms in total. The third-order valence-electron chi connectivity index (χ3n) is 2.13. The second kappa shape index (κ2) is 4.97. The Kier molecular flexibility index (Phi) is 3.38. The zero-order valence-electron chi connectivity index (χ0n) is 8.72. The highest BCUT2D eigenvalue weighted by Gasteiger charge is 2.10. The van der Waals surface area contributed by atoms with Gasteiger partial charge in [0.25, 0.3) is 0 Å². The van der Waals surface area contributed by atoms with Gasteiger partial charge >= 0.3 is 0 Å². The Balaban J connectivity index is 2.67. The fraction of sp³-hybridized carbons (Fsp3) is 0. The third kappa shape index (κ3) is 2.10. The standard InChI is InChI=1S/C11H3Cl2N5/c12-7-1-2-8-6(10(7)13)4-16-11(18-8)9(3-14)17-5-15/h1-2,4H. The second-order valence-electron chi connectivity index (χ2n) is 3.16. The van der Waals surface area contributed by atoms with E-state index in [1.54, 1.807) is 18.2 Å². The molecule has 7 heteroatoms. The number of benzene rings is 1. The van der Waals surface area contributed by atoms with E-state index < -0.39 is 0 Å². The molecule has 1 aromatic carbocycles. The van der Waals surface area contributed by atoms with Crippen molar-refractivity contribution in [3.8, 4) is 12.3 Å². The molecule has 2 rings (SSSR count). The molecule has 0 spiro atoms. The van der Waals surface area contributed by atoms with E-state index in [4.69, 9.17) is 33.7 Å². The van der Waals surface area contributed by atoms with E-state index in [1.807, 2.05) is 0 Å². The predicted molar refractivity (Wildman–Crippen MR) is 67.3 cm³/mol. The Morgan fingerprint density at radius 3 is 2.72 bits per heavy atom. The van der Waals surface area contributed by atoms with E-state index in [0.717, 1.165) is 0 Å². The molecule has 0 atom stereocenters. The van der Waals surface area contributed by atoms with Crippen LogP contribution in [0.15, 0.2) is 23.3 Å². The summed E-state index contributed by atoms with van der Waals surface area (Å²) in [6.07, 6.45) is 2.96. The SMILES string of the molecule is N#CN=C(C#N)c1ncc2c(Cl)c(Cl)ccc2n1. The van der Waals surface area contributed by atoms with E-state index in [2.05, 4.69) is 15.0 Å².